The number of esters is 1. The maximum Gasteiger partial charge on any atom is 0.343 e. The number of aryl methyl sites for hydroxylation is 1. The number of hydrogen-bond donors (Lipinski definition) is 2. The molecule has 4 aromatic carbocycles. The summed E-state index contributed by atoms with van der Waals surface area (Å²) in [5.41, 5.74) is 7.04. The number of ether oxygens (including phenoxy) is 2. The third-order valence-electron chi connectivity index (χ3n) is 6.21. The Morgan fingerprint density at radius 3 is 2.54 bits per heavy atom. The number of halogens is 1. The number of benzene rings is 4. The first-order chi connectivity index (χ1) is 19.0. The minimum atomic E-state index is -0.545. The topological polar surface area (TPSA) is 92.8 Å². The molecule has 1 amide bonds. The van der Waals surface area contributed by atoms with Crippen molar-refractivity contribution in [2.75, 3.05) is 7.11 Å². The standard InChI is InChI=1S/C31H24ClN3O4/c1-19-9-7-14-24-27(23-13-4-5-15-25(23)32)29(34-28(19)24)30(36)35-33-18-21-10-3-6-16-26(21)39-31(37)20-11-8-12-22(17-20)38-2/h3-18,34H,1-2H3,(H,35,36). The molecule has 194 valence electrons. The van der Waals surface area contributed by atoms with Crippen LogP contribution in [0.15, 0.2) is 96.1 Å². The number of para-hydroxylation sites is 2. The van der Waals surface area contributed by atoms with Crippen molar-refractivity contribution in [2.45, 2.75) is 6.92 Å². The molecule has 0 bridgehead atoms. The number of hydrazone groups is 1. The highest BCUT2D eigenvalue weighted by atomic mass is 35.5. The van der Waals surface area contributed by atoms with Gasteiger partial charge in [-0.15, -0.1) is 0 Å². The predicted octanol–water partition coefficient (Wildman–Crippen LogP) is 6.79. The Bertz CT molecular complexity index is 1720. The van der Waals surface area contributed by atoms with Gasteiger partial charge < -0.3 is 14.5 Å². The number of H-pyrrole nitrogens is 1. The van der Waals surface area contributed by atoms with Gasteiger partial charge in [-0.1, -0.05) is 66.2 Å². The zero-order chi connectivity index (χ0) is 27.4. The van der Waals surface area contributed by atoms with Crippen molar-refractivity contribution in [3.05, 3.63) is 118 Å². The van der Waals surface area contributed by atoms with Gasteiger partial charge in [0.2, 0.25) is 0 Å². The van der Waals surface area contributed by atoms with Crippen LogP contribution in [-0.4, -0.2) is 30.2 Å². The molecule has 0 spiro atoms. The van der Waals surface area contributed by atoms with Crippen molar-refractivity contribution in [1.82, 2.24) is 10.4 Å². The van der Waals surface area contributed by atoms with Crippen LogP contribution in [0.1, 0.15) is 32.0 Å². The molecule has 8 heteroatoms. The number of nitrogens with one attached hydrogen (secondary N) is 2. The number of aromatic nitrogens is 1. The van der Waals surface area contributed by atoms with Crippen LogP contribution in [-0.2, 0) is 0 Å². The number of hydrogen-bond acceptors (Lipinski definition) is 5. The first-order valence-electron chi connectivity index (χ1n) is 12.1. The van der Waals surface area contributed by atoms with Crippen LogP contribution >= 0.6 is 11.6 Å². The van der Waals surface area contributed by atoms with Gasteiger partial charge in [0.25, 0.3) is 5.91 Å². The summed E-state index contributed by atoms with van der Waals surface area (Å²) in [6.07, 6.45) is 1.43. The van der Waals surface area contributed by atoms with Gasteiger partial charge in [-0.05, 0) is 48.9 Å². The molecular weight excluding hydrogens is 514 g/mol. The number of methoxy groups -OCH3 is 1. The number of amides is 1. The largest absolute Gasteiger partial charge is 0.497 e. The molecule has 0 unspecified atom stereocenters. The third kappa shape index (κ3) is 5.39. The molecule has 1 heterocycles. The van der Waals surface area contributed by atoms with Crippen molar-refractivity contribution in [3.8, 4) is 22.6 Å². The van der Waals surface area contributed by atoms with Gasteiger partial charge in [-0.3, -0.25) is 4.79 Å². The van der Waals surface area contributed by atoms with Crippen molar-refractivity contribution in [3.63, 3.8) is 0 Å². The van der Waals surface area contributed by atoms with Gasteiger partial charge in [-0.2, -0.15) is 5.10 Å². The van der Waals surface area contributed by atoms with E-state index in [1.807, 2.05) is 43.3 Å². The number of fused-ring (bicyclic) bond motifs is 1. The van der Waals surface area contributed by atoms with Crippen molar-refractivity contribution in [1.29, 1.82) is 0 Å². The van der Waals surface area contributed by atoms with Gasteiger partial charge in [0, 0.05) is 32.6 Å². The van der Waals surface area contributed by atoms with Gasteiger partial charge >= 0.3 is 5.97 Å². The Morgan fingerprint density at radius 2 is 1.72 bits per heavy atom. The van der Waals surface area contributed by atoms with Gasteiger partial charge in [-0.25, -0.2) is 10.2 Å². The molecule has 5 aromatic rings. The van der Waals surface area contributed by atoms with E-state index in [1.165, 1.54) is 13.3 Å². The fraction of sp³-hybridized carbons (Fsp3) is 0.0645. The second-order valence-electron chi connectivity index (χ2n) is 8.71. The van der Waals surface area contributed by atoms with E-state index >= 15 is 0 Å². The molecule has 5 rings (SSSR count). The number of rotatable bonds is 7. The van der Waals surface area contributed by atoms with Crippen molar-refractivity contribution < 1.29 is 19.1 Å². The van der Waals surface area contributed by atoms with Crippen LogP contribution < -0.4 is 14.9 Å². The second-order valence-corrected chi connectivity index (χ2v) is 9.12. The van der Waals surface area contributed by atoms with E-state index in [2.05, 4.69) is 15.5 Å². The summed E-state index contributed by atoms with van der Waals surface area (Å²) in [6.45, 7) is 1.97. The summed E-state index contributed by atoms with van der Waals surface area (Å²) in [5, 5.41) is 5.56. The molecule has 0 radical (unpaired) electrons. The Balaban J connectivity index is 1.40. The molecule has 0 fully saturated rings. The number of nitrogens with zero attached hydrogens (tertiary/aromatic N) is 1. The van der Waals surface area contributed by atoms with Crippen LogP contribution in [0, 0.1) is 6.92 Å². The van der Waals surface area contributed by atoms with E-state index in [0.29, 0.717) is 38.9 Å². The number of carbonyl (C=O) groups is 2. The van der Waals surface area contributed by atoms with E-state index in [-0.39, 0.29) is 0 Å². The molecular formula is C31H24ClN3O4. The van der Waals surface area contributed by atoms with Crippen LogP contribution in [0.2, 0.25) is 5.02 Å². The van der Waals surface area contributed by atoms with E-state index in [4.69, 9.17) is 21.1 Å². The van der Waals surface area contributed by atoms with E-state index < -0.39 is 11.9 Å². The first kappa shape index (κ1) is 25.8. The molecule has 0 atom stereocenters. The van der Waals surface area contributed by atoms with Gasteiger partial charge in [0.15, 0.2) is 0 Å². The van der Waals surface area contributed by atoms with Crippen molar-refractivity contribution in [2.24, 2.45) is 5.10 Å². The maximum atomic E-state index is 13.3. The summed E-state index contributed by atoms with van der Waals surface area (Å²) in [7, 11) is 1.53. The zero-order valence-corrected chi connectivity index (χ0v) is 22.0. The van der Waals surface area contributed by atoms with Crippen LogP contribution in [0.5, 0.6) is 11.5 Å². The normalized spacial score (nSPS) is 11.1. The quantitative estimate of drug-likeness (QED) is 0.103. The highest BCUT2D eigenvalue weighted by Crippen LogP contribution is 2.37. The highest BCUT2D eigenvalue weighted by Gasteiger charge is 2.21. The average molecular weight is 538 g/mol. The minimum Gasteiger partial charge on any atom is -0.497 e. The Hall–Kier alpha value is -4.88. The lowest BCUT2D eigenvalue weighted by Crippen LogP contribution is -2.19. The number of carbonyl (C=O) groups excluding carboxylic acids is 2. The molecule has 0 aliphatic heterocycles. The van der Waals surface area contributed by atoms with Crippen LogP contribution in [0.4, 0.5) is 0 Å². The molecule has 39 heavy (non-hydrogen) atoms. The zero-order valence-electron chi connectivity index (χ0n) is 21.2. The molecule has 1 aromatic heterocycles. The highest BCUT2D eigenvalue weighted by molar-refractivity contribution is 6.34. The fourth-order valence-electron chi connectivity index (χ4n) is 4.28. The van der Waals surface area contributed by atoms with E-state index in [9.17, 15) is 9.59 Å². The monoisotopic (exact) mass is 537 g/mol. The lowest BCUT2D eigenvalue weighted by Gasteiger charge is -2.08. The summed E-state index contributed by atoms with van der Waals surface area (Å²) in [6, 6.07) is 26.8. The molecule has 0 aliphatic rings. The van der Waals surface area contributed by atoms with E-state index in [1.54, 1.807) is 54.6 Å². The van der Waals surface area contributed by atoms with E-state index in [0.717, 1.165) is 22.0 Å². The SMILES string of the molecule is COc1cccc(C(=O)Oc2ccccc2C=NNC(=O)c2[nH]c3c(C)cccc3c2-c2ccccc2Cl)c1. The van der Waals surface area contributed by atoms with Gasteiger partial charge in [0.1, 0.15) is 17.2 Å². The molecule has 0 aliphatic carbocycles. The second kappa shape index (κ2) is 11.2. The summed E-state index contributed by atoms with van der Waals surface area (Å²) >= 11 is 6.51. The summed E-state index contributed by atoms with van der Waals surface area (Å²) in [5.74, 6) is -0.147. The van der Waals surface area contributed by atoms with Crippen molar-refractivity contribution >= 4 is 40.6 Å². The van der Waals surface area contributed by atoms with Crippen LogP contribution in [0.3, 0.4) is 0 Å². The lowest BCUT2D eigenvalue weighted by atomic mass is 10.0. The Kier molecular flexibility index (Phi) is 7.43. The van der Waals surface area contributed by atoms with Gasteiger partial charge in [0.05, 0.1) is 18.9 Å². The molecule has 2 N–H and O–H groups in total. The number of aromatic amines is 1. The summed E-state index contributed by atoms with van der Waals surface area (Å²) < 4.78 is 10.8. The Morgan fingerprint density at radius 1 is 0.949 bits per heavy atom. The maximum absolute atomic E-state index is 13.3. The first-order valence-corrected chi connectivity index (χ1v) is 12.5. The minimum absolute atomic E-state index is 0.293. The average Bonchev–Trinajstić information content (AvgIpc) is 3.35. The Labute approximate surface area is 230 Å². The molecule has 0 saturated carbocycles. The smallest absolute Gasteiger partial charge is 0.343 e. The fourth-order valence-corrected chi connectivity index (χ4v) is 4.51. The lowest BCUT2D eigenvalue weighted by molar-refractivity contribution is 0.0733. The summed E-state index contributed by atoms with van der Waals surface area (Å²) in [4.78, 5) is 29.3. The third-order valence-corrected chi connectivity index (χ3v) is 6.54. The predicted molar refractivity (Wildman–Crippen MR) is 153 cm³/mol. The molecule has 0 saturated heterocycles. The molecule has 7 nitrogen and oxygen atoms in total. The van der Waals surface area contributed by atoms with Crippen LogP contribution in [0.25, 0.3) is 22.0 Å².